The van der Waals surface area contributed by atoms with Crippen molar-refractivity contribution in [3.63, 3.8) is 0 Å². The molecule has 0 amide bonds. The topological polar surface area (TPSA) is 41.6 Å². The van der Waals surface area contributed by atoms with Crippen molar-refractivity contribution >= 4 is 0 Å². The SMILES string of the molecule is Cc1ncc(-c2ccncc2)[nH]1. The van der Waals surface area contributed by atoms with Crippen LogP contribution >= 0.6 is 0 Å². The second-order valence-electron chi connectivity index (χ2n) is 2.62. The van der Waals surface area contributed by atoms with Crippen molar-refractivity contribution in [1.82, 2.24) is 15.0 Å². The van der Waals surface area contributed by atoms with Gasteiger partial charge in [-0.25, -0.2) is 4.98 Å². The van der Waals surface area contributed by atoms with E-state index in [2.05, 4.69) is 15.0 Å². The molecule has 0 bridgehead atoms. The minimum absolute atomic E-state index is 0.932. The highest BCUT2D eigenvalue weighted by Crippen LogP contribution is 2.14. The lowest BCUT2D eigenvalue weighted by molar-refractivity contribution is 1.15. The first-order valence-electron chi connectivity index (χ1n) is 3.78. The second kappa shape index (κ2) is 2.77. The number of hydrogen-bond acceptors (Lipinski definition) is 2. The number of aromatic amines is 1. The van der Waals surface area contributed by atoms with Crippen LogP contribution in [0.15, 0.2) is 30.7 Å². The Hall–Kier alpha value is -1.64. The van der Waals surface area contributed by atoms with E-state index in [1.54, 1.807) is 12.4 Å². The van der Waals surface area contributed by atoms with Crippen LogP contribution in [0.4, 0.5) is 0 Å². The van der Waals surface area contributed by atoms with Crippen molar-refractivity contribution in [3.05, 3.63) is 36.5 Å². The Kier molecular flexibility index (Phi) is 1.63. The van der Waals surface area contributed by atoms with Gasteiger partial charge >= 0.3 is 0 Å². The van der Waals surface area contributed by atoms with Gasteiger partial charge in [0.1, 0.15) is 5.82 Å². The molecule has 0 aromatic carbocycles. The summed E-state index contributed by atoms with van der Waals surface area (Å²) in [5.74, 6) is 0.932. The van der Waals surface area contributed by atoms with Gasteiger partial charge in [0.15, 0.2) is 0 Å². The molecule has 0 aliphatic heterocycles. The fourth-order valence-electron chi connectivity index (χ4n) is 1.10. The van der Waals surface area contributed by atoms with Crippen LogP contribution in [0.2, 0.25) is 0 Å². The number of H-pyrrole nitrogens is 1. The van der Waals surface area contributed by atoms with Crippen LogP contribution in [0.25, 0.3) is 11.3 Å². The van der Waals surface area contributed by atoms with E-state index in [4.69, 9.17) is 0 Å². The first kappa shape index (κ1) is 7.03. The maximum Gasteiger partial charge on any atom is 0.103 e. The van der Waals surface area contributed by atoms with E-state index in [0.29, 0.717) is 0 Å². The van der Waals surface area contributed by atoms with Gasteiger partial charge in [-0.05, 0) is 19.1 Å². The molecule has 1 N–H and O–H groups in total. The molecule has 3 heteroatoms. The highest BCUT2D eigenvalue weighted by molar-refractivity contribution is 5.57. The molecule has 0 saturated carbocycles. The van der Waals surface area contributed by atoms with Crippen molar-refractivity contribution in [3.8, 4) is 11.3 Å². The summed E-state index contributed by atoms with van der Waals surface area (Å²) in [5.41, 5.74) is 2.15. The van der Waals surface area contributed by atoms with Gasteiger partial charge in [-0.3, -0.25) is 4.98 Å². The highest BCUT2D eigenvalue weighted by Gasteiger charge is 1.97. The summed E-state index contributed by atoms with van der Waals surface area (Å²) >= 11 is 0. The maximum absolute atomic E-state index is 4.12. The largest absolute Gasteiger partial charge is 0.342 e. The lowest BCUT2D eigenvalue weighted by Gasteiger charge is -1.93. The molecule has 0 unspecified atom stereocenters. The third kappa shape index (κ3) is 1.21. The molecule has 2 aromatic rings. The minimum atomic E-state index is 0.932. The predicted molar refractivity (Wildman–Crippen MR) is 46.6 cm³/mol. The number of pyridine rings is 1. The number of rotatable bonds is 1. The van der Waals surface area contributed by atoms with Gasteiger partial charge < -0.3 is 4.98 Å². The van der Waals surface area contributed by atoms with E-state index >= 15 is 0 Å². The molecule has 2 rings (SSSR count). The lowest BCUT2D eigenvalue weighted by Crippen LogP contribution is -1.77. The van der Waals surface area contributed by atoms with Crippen LogP contribution in [-0.2, 0) is 0 Å². The summed E-state index contributed by atoms with van der Waals surface area (Å²) in [7, 11) is 0. The number of imidazole rings is 1. The van der Waals surface area contributed by atoms with Crippen molar-refractivity contribution < 1.29 is 0 Å². The standard InChI is InChI=1S/C9H9N3/c1-7-11-6-9(12-7)8-2-4-10-5-3-8/h2-6H,1H3,(H,11,12). The lowest BCUT2D eigenvalue weighted by atomic mass is 10.2. The molecule has 3 nitrogen and oxygen atoms in total. The van der Waals surface area contributed by atoms with E-state index in [1.807, 2.05) is 25.3 Å². The monoisotopic (exact) mass is 159 g/mol. The number of hydrogen-bond donors (Lipinski definition) is 1. The normalized spacial score (nSPS) is 10.1. The Morgan fingerprint density at radius 1 is 1.25 bits per heavy atom. The van der Waals surface area contributed by atoms with Gasteiger partial charge in [0, 0.05) is 18.0 Å². The van der Waals surface area contributed by atoms with Gasteiger partial charge in [0.05, 0.1) is 11.9 Å². The summed E-state index contributed by atoms with van der Waals surface area (Å²) < 4.78 is 0. The van der Waals surface area contributed by atoms with Crippen LogP contribution < -0.4 is 0 Å². The number of nitrogens with zero attached hydrogens (tertiary/aromatic N) is 2. The molecule has 0 saturated heterocycles. The van der Waals surface area contributed by atoms with E-state index in [9.17, 15) is 0 Å². The van der Waals surface area contributed by atoms with Crippen LogP contribution in [0.1, 0.15) is 5.82 Å². The molecule has 0 radical (unpaired) electrons. The first-order chi connectivity index (χ1) is 5.86. The van der Waals surface area contributed by atoms with Crippen LogP contribution in [0.3, 0.4) is 0 Å². The fourth-order valence-corrected chi connectivity index (χ4v) is 1.10. The Labute approximate surface area is 70.5 Å². The first-order valence-corrected chi connectivity index (χ1v) is 3.78. The van der Waals surface area contributed by atoms with E-state index in [0.717, 1.165) is 17.1 Å². The summed E-state index contributed by atoms with van der Waals surface area (Å²) in [6, 6.07) is 3.90. The fraction of sp³-hybridized carbons (Fsp3) is 0.111. The molecule has 2 aromatic heterocycles. The van der Waals surface area contributed by atoms with Crippen LogP contribution in [0, 0.1) is 6.92 Å². The van der Waals surface area contributed by atoms with E-state index in [1.165, 1.54) is 0 Å². The zero-order valence-electron chi connectivity index (χ0n) is 6.78. The van der Waals surface area contributed by atoms with Crippen molar-refractivity contribution in [2.24, 2.45) is 0 Å². The zero-order valence-corrected chi connectivity index (χ0v) is 6.78. The Balaban J connectivity index is 2.45. The summed E-state index contributed by atoms with van der Waals surface area (Å²) in [6.07, 6.45) is 5.36. The van der Waals surface area contributed by atoms with Gasteiger partial charge in [0.25, 0.3) is 0 Å². The van der Waals surface area contributed by atoms with Crippen LogP contribution in [-0.4, -0.2) is 15.0 Å². The third-order valence-corrected chi connectivity index (χ3v) is 1.69. The molecule has 60 valence electrons. The number of nitrogens with one attached hydrogen (secondary N) is 1. The second-order valence-corrected chi connectivity index (χ2v) is 2.62. The third-order valence-electron chi connectivity index (χ3n) is 1.69. The quantitative estimate of drug-likeness (QED) is 0.689. The molecular formula is C9H9N3. The van der Waals surface area contributed by atoms with E-state index < -0.39 is 0 Å². The minimum Gasteiger partial charge on any atom is -0.342 e. The van der Waals surface area contributed by atoms with Crippen molar-refractivity contribution in [2.75, 3.05) is 0 Å². The van der Waals surface area contributed by atoms with Crippen LogP contribution in [0.5, 0.6) is 0 Å². The molecule has 2 heterocycles. The Morgan fingerprint density at radius 3 is 2.58 bits per heavy atom. The highest BCUT2D eigenvalue weighted by atomic mass is 14.9. The van der Waals surface area contributed by atoms with Gasteiger partial charge in [-0.2, -0.15) is 0 Å². The van der Waals surface area contributed by atoms with E-state index in [-0.39, 0.29) is 0 Å². The molecule has 12 heavy (non-hydrogen) atoms. The summed E-state index contributed by atoms with van der Waals surface area (Å²) in [4.78, 5) is 11.2. The smallest absolute Gasteiger partial charge is 0.103 e. The zero-order chi connectivity index (χ0) is 8.39. The molecule has 0 atom stereocenters. The van der Waals surface area contributed by atoms with Gasteiger partial charge in [-0.15, -0.1) is 0 Å². The summed E-state index contributed by atoms with van der Waals surface area (Å²) in [6.45, 7) is 1.94. The molecular weight excluding hydrogens is 150 g/mol. The summed E-state index contributed by atoms with van der Waals surface area (Å²) in [5, 5.41) is 0. The van der Waals surface area contributed by atoms with Gasteiger partial charge in [-0.1, -0.05) is 0 Å². The average Bonchev–Trinajstić information content (AvgIpc) is 2.54. The molecule has 0 aliphatic carbocycles. The Morgan fingerprint density at radius 2 is 2.00 bits per heavy atom. The van der Waals surface area contributed by atoms with Crippen molar-refractivity contribution in [2.45, 2.75) is 6.92 Å². The number of aromatic nitrogens is 3. The molecule has 0 aliphatic rings. The molecule has 0 spiro atoms. The predicted octanol–water partition coefficient (Wildman–Crippen LogP) is 1.78. The average molecular weight is 159 g/mol. The van der Waals surface area contributed by atoms with Crippen molar-refractivity contribution in [1.29, 1.82) is 0 Å². The number of aryl methyl sites for hydroxylation is 1. The van der Waals surface area contributed by atoms with Gasteiger partial charge in [0.2, 0.25) is 0 Å². The molecule has 0 fully saturated rings. The Bertz CT molecular complexity index is 364. The maximum atomic E-state index is 4.12.